The van der Waals surface area contributed by atoms with E-state index in [4.69, 9.17) is 10.5 Å². The van der Waals surface area contributed by atoms with Gasteiger partial charge in [-0.3, -0.25) is 0 Å². The van der Waals surface area contributed by atoms with Gasteiger partial charge in [0.1, 0.15) is 11.8 Å². The smallest absolute Gasteiger partial charge is 0.410 e. The van der Waals surface area contributed by atoms with E-state index in [9.17, 15) is 9.18 Å². The third kappa shape index (κ3) is 3.33. The molecule has 2 unspecified atom stereocenters. The molecule has 1 heterocycles. The molecular formula is C11H21FN2O2. The number of piperidine rings is 1. The van der Waals surface area contributed by atoms with Gasteiger partial charge in [-0.2, -0.15) is 0 Å². The SMILES string of the molecule is CC(C)(C)OC(=O)N1CCCC(F)C1CN. The summed E-state index contributed by atoms with van der Waals surface area (Å²) in [6.45, 7) is 6.04. The molecule has 0 aromatic carbocycles. The second-order valence-corrected chi connectivity index (χ2v) is 5.14. The highest BCUT2D eigenvalue weighted by Crippen LogP contribution is 2.22. The average molecular weight is 232 g/mol. The summed E-state index contributed by atoms with van der Waals surface area (Å²) in [6, 6.07) is -0.538. The van der Waals surface area contributed by atoms with Gasteiger partial charge in [-0.05, 0) is 33.6 Å². The van der Waals surface area contributed by atoms with E-state index in [0.717, 1.165) is 0 Å². The molecule has 4 nitrogen and oxygen atoms in total. The lowest BCUT2D eigenvalue weighted by atomic mass is 10.0. The number of halogens is 1. The van der Waals surface area contributed by atoms with Crippen molar-refractivity contribution in [1.82, 2.24) is 4.90 Å². The maximum absolute atomic E-state index is 13.6. The summed E-state index contributed by atoms with van der Waals surface area (Å²) in [5, 5.41) is 0. The number of nitrogens with two attached hydrogens (primary N) is 1. The number of hydrogen-bond acceptors (Lipinski definition) is 3. The van der Waals surface area contributed by atoms with Gasteiger partial charge in [0.15, 0.2) is 0 Å². The van der Waals surface area contributed by atoms with E-state index in [1.54, 1.807) is 20.8 Å². The Balaban J connectivity index is 2.66. The first-order valence-corrected chi connectivity index (χ1v) is 5.69. The largest absolute Gasteiger partial charge is 0.444 e. The van der Waals surface area contributed by atoms with Crippen molar-refractivity contribution in [1.29, 1.82) is 0 Å². The zero-order chi connectivity index (χ0) is 12.3. The molecule has 0 aromatic rings. The topological polar surface area (TPSA) is 55.6 Å². The molecule has 16 heavy (non-hydrogen) atoms. The molecule has 0 aromatic heterocycles. The fourth-order valence-electron chi connectivity index (χ4n) is 1.83. The molecule has 1 amide bonds. The summed E-state index contributed by atoms with van der Waals surface area (Å²) in [6.07, 6.45) is -0.366. The van der Waals surface area contributed by atoms with Crippen LogP contribution in [0.4, 0.5) is 9.18 Å². The molecule has 2 atom stereocenters. The van der Waals surface area contributed by atoms with Crippen LogP contribution in [0.2, 0.25) is 0 Å². The quantitative estimate of drug-likeness (QED) is 0.748. The number of carbonyl (C=O) groups excluding carboxylic acids is 1. The molecule has 1 aliphatic heterocycles. The summed E-state index contributed by atoms with van der Waals surface area (Å²) in [5.74, 6) is 0. The average Bonchev–Trinajstić information content (AvgIpc) is 2.14. The van der Waals surface area contributed by atoms with Gasteiger partial charge in [0.05, 0.1) is 6.04 Å². The molecule has 1 fully saturated rings. The Hall–Kier alpha value is -0.840. The van der Waals surface area contributed by atoms with E-state index in [2.05, 4.69) is 0 Å². The minimum atomic E-state index is -1.04. The zero-order valence-electron chi connectivity index (χ0n) is 10.2. The fraction of sp³-hybridized carbons (Fsp3) is 0.909. The molecule has 0 spiro atoms. The van der Waals surface area contributed by atoms with Gasteiger partial charge < -0.3 is 15.4 Å². The third-order valence-electron chi connectivity index (χ3n) is 2.57. The van der Waals surface area contributed by atoms with Gasteiger partial charge in [0, 0.05) is 13.1 Å². The van der Waals surface area contributed by atoms with Crippen LogP contribution in [-0.4, -0.2) is 41.9 Å². The summed E-state index contributed by atoms with van der Waals surface area (Å²) >= 11 is 0. The van der Waals surface area contributed by atoms with Crippen molar-refractivity contribution in [3.05, 3.63) is 0 Å². The highest BCUT2D eigenvalue weighted by Gasteiger charge is 2.35. The van der Waals surface area contributed by atoms with Crippen LogP contribution in [0.25, 0.3) is 0 Å². The Bertz CT molecular complexity index is 253. The molecule has 0 saturated carbocycles. The Kier molecular flexibility index (Phi) is 4.13. The molecule has 5 heteroatoms. The van der Waals surface area contributed by atoms with Crippen LogP contribution >= 0.6 is 0 Å². The number of ether oxygens (including phenoxy) is 1. The Labute approximate surface area is 95.9 Å². The number of likely N-dealkylation sites (tertiary alicyclic amines) is 1. The number of amides is 1. The zero-order valence-corrected chi connectivity index (χ0v) is 10.2. The number of hydrogen-bond donors (Lipinski definition) is 1. The molecule has 1 rings (SSSR count). The van der Waals surface area contributed by atoms with Crippen molar-refractivity contribution in [2.24, 2.45) is 5.73 Å². The van der Waals surface area contributed by atoms with Crippen LogP contribution < -0.4 is 5.73 Å². The first-order valence-electron chi connectivity index (χ1n) is 5.69. The summed E-state index contributed by atoms with van der Waals surface area (Å²) in [5.41, 5.74) is 4.94. The molecule has 2 N–H and O–H groups in total. The third-order valence-corrected chi connectivity index (χ3v) is 2.57. The van der Waals surface area contributed by atoms with Crippen LogP contribution in [0.5, 0.6) is 0 Å². The van der Waals surface area contributed by atoms with Crippen LogP contribution in [0.1, 0.15) is 33.6 Å². The van der Waals surface area contributed by atoms with Crippen molar-refractivity contribution in [3.63, 3.8) is 0 Å². The van der Waals surface area contributed by atoms with Gasteiger partial charge >= 0.3 is 6.09 Å². The van der Waals surface area contributed by atoms with E-state index in [0.29, 0.717) is 19.4 Å². The second kappa shape index (κ2) is 4.99. The molecule has 0 radical (unpaired) electrons. The number of carbonyl (C=O) groups is 1. The van der Waals surface area contributed by atoms with Gasteiger partial charge in [-0.1, -0.05) is 0 Å². The van der Waals surface area contributed by atoms with Gasteiger partial charge in [0.2, 0.25) is 0 Å². The lowest BCUT2D eigenvalue weighted by Crippen LogP contribution is -2.54. The van der Waals surface area contributed by atoms with Crippen LogP contribution in [0.15, 0.2) is 0 Å². The van der Waals surface area contributed by atoms with Crippen molar-refractivity contribution in [2.45, 2.75) is 51.4 Å². The Morgan fingerprint density at radius 3 is 2.69 bits per heavy atom. The van der Waals surface area contributed by atoms with Crippen LogP contribution in [-0.2, 0) is 4.74 Å². The first-order chi connectivity index (χ1) is 7.35. The molecule has 94 valence electrons. The molecule has 1 saturated heterocycles. The Morgan fingerprint density at radius 2 is 2.19 bits per heavy atom. The van der Waals surface area contributed by atoms with Crippen molar-refractivity contribution < 1.29 is 13.9 Å². The fourth-order valence-corrected chi connectivity index (χ4v) is 1.83. The summed E-state index contributed by atoms with van der Waals surface area (Å²) in [7, 11) is 0. The molecule has 0 aliphatic carbocycles. The summed E-state index contributed by atoms with van der Waals surface area (Å²) < 4.78 is 18.8. The van der Waals surface area contributed by atoms with Crippen LogP contribution in [0.3, 0.4) is 0 Å². The van der Waals surface area contributed by atoms with Crippen molar-refractivity contribution in [2.75, 3.05) is 13.1 Å². The van der Waals surface area contributed by atoms with E-state index >= 15 is 0 Å². The standard InChI is InChI=1S/C11H21FN2O2/c1-11(2,3)16-10(15)14-6-4-5-8(12)9(14)7-13/h8-9H,4-7,13H2,1-3H3. The van der Waals surface area contributed by atoms with Gasteiger partial charge in [-0.15, -0.1) is 0 Å². The molecule has 0 bridgehead atoms. The lowest BCUT2D eigenvalue weighted by Gasteiger charge is -2.37. The normalized spacial score (nSPS) is 26.7. The number of nitrogens with zero attached hydrogens (tertiary/aromatic N) is 1. The van der Waals surface area contributed by atoms with Gasteiger partial charge in [0.25, 0.3) is 0 Å². The minimum absolute atomic E-state index is 0.139. The maximum Gasteiger partial charge on any atom is 0.410 e. The minimum Gasteiger partial charge on any atom is -0.444 e. The highest BCUT2D eigenvalue weighted by atomic mass is 19.1. The van der Waals surface area contributed by atoms with E-state index in [-0.39, 0.29) is 6.54 Å². The van der Waals surface area contributed by atoms with Crippen LogP contribution in [0, 0.1) is 0 Å². The molecule has 1 aliphatic rings. The summed E-state index contributed by atoms with van der Waals surface area (Å²) in [4.78, 5) is 13.2. The van der Waals surface area contributed by atoms with E-state index < -0.39 is 23.9 Å². The predicted molar refractivity (Wildman–Crippen MR) is 59.9 cm³/mol. The predicted octanol–water partition coefficient (Wildman–Crippen LogP) is 1.68. The monoisotopic (exact) mass is 232 g/mol. The maximum atomic E-state index is 13.6. The van der Waals surface area contributed by atoms with E-state index in [1.807, 2.05) is 0 Å². The number of rotatable bonds is 1. The second-order valence-electron chi connectivity index (χ2n) is 5.14. The Morgan fingerprint density at radius 1 is 1.56 bits per heavy atom. The number of alkyl halides is 1. The van der Waals surface area contributed by atoms with Crippen molar-refractivity contribution >= 4 is 6.09 Å². The van der Waals surface area contributed by atoms with Gasteiger partial charge in [-0.25, -0.2) is 9.18 Å². The van der Waals surface area contributed by atoms with E-state index in [1.165, 1.54) is 4.90 Å². The highest BCUT2D eigenvalue weighted by molar-refractivity contribution is 5.68. The van der Waals surface area contributed by atoms with Crippen molar-refractivity contribution in [3.8, 4) is 0 Å². The lowest BCUT2D eigenvalue weighted by molar-refractivity contribution is -0.00336. The first kappa shape index (κ1) is 13.2. The molecular weight excluding hydrogens is 211 g/mol.